The molecule has 0 saturated heterocycles. The molecule has 0 spiro atoms. The molecular weight excluding hydrogens is 562 g/mol. The molecule has 214 valence electrons. The van der Waals surface area contributed by atoms with E-state index in [1.165, 1.54) is 0 Å². The van der Waals surface area contributed by atoms with Crippen LogP contribution in [0.25, 0.3) is 67.5 Å². The largest absolute Gasteiger partial charge is 0.208 e. The summed E-state index contributed by atoms with van der Waals surface area (Å²) in [5.41, 5.74) is 9.58. The first kappa shape index (κ1) is 28.1. The van der Waals surface area contributed by atoms with E-state index in [0.29, 0.717) is 28.6 Å². The fourth-order valence-corrected chi connectivity index (χ4v) is 5.45. The van der Waals surface area contributed by atoms with Gasteiger partial charge in [0.2, 0.25) is 0 Å². The Labute approximate surface area is 267 Å². The van der Waals surface area contributed by atoms with Gasteiger partial charge in [0.25, 0.3) is 0 Å². The van der Waals surface area contributed by atoms with Crippen molar-refractivity contribution in [3.8, 4) is 79.7 Å². The predicted molar refractivity (Wildman–Crippen MR) is 182 cm³/mol. The zero-order chi connectivity index (χ0) is 31.3. The van der Waals surface area contributed by atoms with Crippen LogP contribution >= 0.6 is 0 Å². The van der Waals surface area contributed by atoms with Crippen molar-refractivity contribution in [2.75, 3.05) is 0 Å². The van der Waals surface area contributed by atoms with E-state index >= 15 is 0 Å². The quantitative estimate of drug-likeness (QED) is 0.193. The molecular formula is C41H25N5. The summed E-state index contributed by atoms with van der Waals surface area (Å²) in [5.74, 6) is 1.83. The molecule has 5 heteroatoms. The Bertz CT molecular complexity index is 2220. The summed E-state index contributed by atoms with van der Waals surface area (Å²) < 4.78 is 0. The van der Waals surface area contributed by atoms with Crippen LogP contribution in [-0.2, 0) is 0 Å². The normalized spacial score (nSPS) is 10.6. The SMILES string of the molecule is N#Cc1cccc(-c2cc(C#N)cc(-c3cccc(-c4cccc(-c5nc(-c6ccccc6)nc(-c6ccccc6)n5)c4)c3)c2)c1. The molecule has 1 aromatic heterocycles. The molecule has 5 nitrogen and oxygen atoms in total. The molecule has 0 unspecified atom stereocenters. The Morgan fingerprint density at radius 1 is 0.304 bits per heavy atom. The summed E-state index contributed by atoms with van der Waals surface area (Å²) in [6.45, 7) is 0. The topological polar surface area (TPSA) is 86.2 Å². The molecule has 0 fully saturated rings. The van der Waals surface area contributed by atoms with Crippen LogP contribution in [0, 0.1) is 22.7 Å². The number of hydrogen-bond acceptors (Lipinski definition) is 5. The fourth-order valence-electron chi connectivity index (χ4n) is 5.45. The van der Waals surface area contributed by atoms with E-state index < -0.39 is 0 Å². The van der Waals surface area contributed by atoms with Gasteiger partial charge in [-0.05, 0) is 75.8 Å². The fraction of sp³-hybridized carbons (Fsp3) is 0. The van der Waals surface area contributed by atoms with Gasteiger partial charge in [0.1, 0.15) is 0 Å². The first-order valence-corrected chi connectivity index (χ1v) is 14.8. The van der Waals surface area contributed by atoms with Crippen molar-refractivity contribution in [2.24, 2.45) is 0 Å². The second kappa shape index (κ2) is 12.5. The highest BCUT2D eigenvalue weighted by atomic mass is 15.0. The Balaban J connectivity index is 1.29. The van der Waals surface area contributed by atoms with Crippen LogP contribution in [-0.4, -0.2) is 15.0 Å². The average Bonchev–Trinajstić information content (AvgIpc) is 3.15. The summed E-state index contributed by atoms with van der Waals surface area (Å²) >= 11 is 0. The van der Waals surface area contributed by atoms with Crippen LogP contribution in [0.4, 0.5) is 0 Å². The van der Waals surface area contributed by atoms with Crippen molar-refractivity contribution in [2.45, 2.75) is 0 Å². The van der Waals surface area contributed by atoms with E-state index in [4.69, 9.17) is 15.0 Å². The van der Waals surface area contributed by atoms with E-state index in [0.717, 1.165) is 50.1 Å². The number of benzene rings is 6. The molecule has 46 heavy (non-hydrogen) atoms. The molecule has 0 atom stereocenters. The number of aromatic nitrogens is 3. The van der Waals surface area contributed by atoms with E-state index in [1.807, 2.05) is 115 Å². The summed E-state index contributed by atoms with van der Waals surface area (Å²) in [6.07, 6.45) is 0. The average molecular weight is 588 g/mol. The molecule has 0 N–H and O–H groups in total. The lowest BCUT2D eigenvalue weighted by molar-refractivity contribution is 1.07. The smallest absolute Gasteiger partial charge is 0.164 e. The van der Waals surface area contributed by atoms with Crippen molar-refractivity contribution < 1.29 is 0 Å². The van der Waals surface area contributed by atoms with E-state index in [-0.39, 0.29) is 0 Å². The van der Waals surface area contributed by atoms with Gasteiger partial charge < -0.3 is 0 Å². The van der Waals surface area contributed by atoms with Crippen LogP contribution in [0.5, 0.6) is 0 Å². The van der Waals surface area contributed by atoms with Gasteiger partial charge in [-0.2, -0.15) is 10.5 Å². The third-order valence-electron chi connectivity index (χ3n) is 7.74. The second-order valence-corrected chi connectivity index (χ2v) is 10.8. The lowest BCUT2D eigenvalue weighted by atomic mass is 9.93. The predicted octanol–water partition coefficient (Wildman–Crippen LogP) is 9.62. The molecule has 0 amide bonds. The van der Waals surface area contributed by atoms with Gasteiger partial charge in [-0.1, -0.05) is 109 Å². The highest BCUT2D eigenvalue weighted by molar-refractivity contribution is 5.80. The minimum absolute atomic E-state index is 0.556. The van der Waals surface area contributed by atoms with Crippen molar-refractivity contribution in [1.82, 2.24) is 15.0 Å². The summed E-state index contributed by atoms with van der Waals surface area (Å²) in [6, 6.07) is 54.1. The maximum Gasteiger partial charge on any atom is 0.164 e. The summed E-state index contributed by atoms with van der Waals surface area (Å²) in [5, 5.41) is 19.2. The minimum atomic E-state index is 0.556. The molecule has 0 bridgehead atoms. The molecule has 7 aromatic rings. The molecule has 0 aliphatic carbocycles. The second-order valence-electron chi connectivity index (χ2n) is 10.8. The molecule has 0 saturated carbocycles. The third-order valence-corrected chi connectivity index (χ3v) is 7.74. The van der Waals surface area contributed by atoms with E-state index in [2.05, 4.69) is 42.5 Å². The van der Waals surface area contributed by atoms with Crippen LogP contribution < -0.4 is 0 Å². The summed E-state index contributed by atoms with van der Waals surface area (Å²) in [7, 11) is 0. The number of rotatable bonds is 6. The van der Waals surface area contributed by atoms with Crippen LogP contribution in [0.2, 0.25) is 0 Å². The van der Waals surface area contributed by atoms with Crippen LogP contribution in [0.15, 0.2) is 152 Å². The van der Waals surface area contributed by atoms with E-state index in [9.17, 15) is 10.5 Å². The highest BCUT2D eigenvalue weighted by Crippen LogP contribution is 2.33. The highest BCUT2D eigenvalue weighted by Gasteiger charge is 2.13. The lowest BCUT2D eigenvalue weighted by Crippen LogP contribution is -2.00. The third kappa shape index (κ3) is 5.90. The Hall–Kier alpha value is -6.69. The maximum absolute atomic E-state index is 9.82. The Morgan fingerprint density at radius 3 is 1.17 bits per heavy atom. The van der Waals surface area contributed by atoms with Crippen LogP contribution in [0.3, 0.4) is 0 Å². The maximum atomic E-state index is 9.82. The first-order valence-electron chi connectivity index (χ1n) is 14.8. The van der Waals surface area contributed by atoms with Crippen LogP contribution in [0.1, 0.15) is 11.1 Å². The van der Waals surface area contributed by atoms with E-state index in [1.54, 1.807) is 6.07 Å². The van der Waals surface area contributed by atoms with Gasteiger partial charge in [-0.15, -0.1) is 0 Å². The standard InChI is InChI=1S/C41H25N5/c42-26-28-10-7-15-32(20-28)37-21-29(27-43)22-38(25-37)35-18-8-16-33(23-35)34-17-9-19-36(24-34)41-45-39(30-11-3-1-4-12-30)44-40(46-41)31-13-5-2-6-14-31/h1-25H. The molecule has 0 aliphatic heterocycles. The van der Waals surface area contributed by atoms with Gasteiger partial charge >= 0.3 is 0 Å². The van der Waals surface area contributed by atoms with Gasteiger partial charge in [-0.25, -0.2) is 15.0 Å². The zero-order valence-corrected chi connectivity index (χ0v) is 24.7. The number of nitriles is 2. The molecule has 7 rings (SSSR count). The Morgan fingerprint density at radius 2 is 0.652 bits per heavy atom. The van der Waals surface area contributed by atoms with Crippen molar-refractivity contribution in [3.63, 3.8) is 0 Å². The van der Waals surface area contributed by atoms with Crippen molar-refractivity contribution in [3.05, 3.63) is 163 Å². The molecule has 0 aliphatic rings. The summed E-state index contributed by atoms with van der Waals surface area (Å²) in [4.78, 5) is 14.6. The zero-order valence-electron chi connectivity index (χ0n) is 24.7. The van der Waals surface area contributed by atoms with Crippen molar-refractivity contribution in [1.29, 1.82) is 10.5 Å². The van der Waals surface area contributed by atoms with Gasteiger partial charge in [-0.3, -0.25) is 0 Å². The minimum Gasteiger partial charge on any atom is -0.208 e. The van der Waals surface area contributed by atoms with Gasteiger partial charge in [0.15, 0.2) is 17.5 Å². The van der Waals surface area contributed by atoms with Gasteiger partial charge in [0, 0.05) is 16.7 Å². The number of hydrogen-bond donors (Lipinski definition) is 0. The first-order chi connectivity index (χ1) is 22.7. The lowest BCUT2D eigenvalue weighted by Gasteiger charge is -2.11. The number of nitrogens with zero attached hydrogens (tertiary/aromatic N) is 5. The van der Waals surface area contributed by atoms with Gasteiger partial charge in [0.05, 0.1) is 23.3 Å². The molecule has 1 heterocycles. The molecule has 6 aromatic carbocycles. The van der Waals surface area contributed by atoms with Crippen molar-refractivity contribution >= 4 is 0 Å². The Kier molecular flexibility index (Phi) is 7.64. The molecule has 0 radical (unpaired) electrons. The monoisotopic (exact) mass is 587 g/mol.